The summed E-state index contributed by atoms with van der Waals surface area (Å²) in [6.45, 7) is 1.42. The van der Waals surface area contributed by atoms with Gasteiger partial charge in [0.15, 0.2) is 0 Å². The Morgan fingerprint density at radius 3 is 2.25 bits per heavy atom. The summed E-state index contributed by atoms with van der Waals surface area (Å²) < 4.78 is 0. The second kappa shape index (κ2) is 5.35. The molecule has 0 saturated carbocycles. The van der Waals surface area contributed by atoms with Crippen LogP contribution in [-0.2, 0) is 4.79 Å². The summed E-state index contributed by atoms with van der Waals surface area (Å²) in [5.41, 5.74) is 5.13. The van der Waals surface area contributed by atoms with Gasteiger partial charge in [0.2, 0.25) is 0 Å². The highest BCUT2D eigenvalue weighted by Gasteiger charge is 2.03. The lowest BCUT2D eigenvalue weighted by Gasteiger charge is -1.97. The Bertz CT molecular complexity index is 76.4. The molecule has 0 spiro atoms. The maximum absolute atomic E-state index is 10.2. The predicted molar refractivity (Wildman–Crippen MR) is 36.6 cm³/mol. The molecule has 0 aliphatic heterocycles. The molecule has 0 aromatic heterocycles. The Hall–Kier alpha value is 0.210. The van der Waals surface area contributed by atoms with Gasteiger partial charge in [0.25, 0.3) is 0 Å². The van der Waals surface area contributed by atoms with Crippen molar-refractivity contribution in [1.29, 1.82) is 0 Å². The van der Waals surface area contributed by atoms with E-state index in [0.717, 1.165) is 0 Å². The Morgan fingerprint density at radius 1 is 1.88 bits per heavy atom. The van der Waals surface area contributed by atoms with E-state index < -0.39 is 6.04 Å². The highest BCUT2D eigenvalue weighted by Crippen LogP contribution is 1.82. The van der Waals surface area contributed by atoms with Crippen LogP contribution in [0.15, 0.2) is 0 Å². The van der Waals surface area contributed by atoms with E-state index in [1.807, 2.05) is 0 Å². The maximum Gasteiger partial charge on any atom is 0.147 e. The van der Waals surface area contributed by atoms with Crippen LogP contribution in [0.25, 0.3) is 0 Å². The summed E-state index contributed by atoms with van der Waals surface area (Å²) >= 11 is 5.20. The van der Waals surface area contributed by atoms with Crippen molar-refractivity contribution in [3.05, 3.63) is 0 Å². The zero-order chi connectivity index (χ0) is 5.86. The van der Waals surface area contributed by atoms with Crippen LogP contribution in [0.4, 0.5) is 0 Å². The topological polar surface area (TPSA) is 43.1 Å². The minimum absolute atomic E-state index is 0. The van der Waals surface area contributed by atoms with Crippen LogP contribution in [-0.4, -0.2) is 17.7 Å². The normalized spacial score (nSPS) is 11.9. The second-order valence-corrected chi connectivity index (χ2v) is 1.68. The van der Waals surface area contributed by atoms with Gasteiger partial charge in [-0.15, -0.1) is 24.0 Å². The van der Waals surface area contributed by atoms with Gasteiger partial charge in [-0.05, 0) is 6.92 Å². The van der Waals surface area contributed by atoms with E-state index in [2.05, 4.69) is 0 Å². The van der Waals surface area contributed by atoms with Crippen molar-refractivity contribution in [3.63, 3.8) is 0 Å². The molecule has 0 aromatic rings. The fourth-order valence-corrected chi connectivity index (χ4v) is 0.326. The van der Waals surface area contributed by atoms with Gasteiger partial charge in [-0.3, -0.25) is 4.79 Å². The Balaban J connectivity index is 0. The highest BCUT2D eigenvalue weighted by atomic mass is 35.5. The standard InChI is InChI=1S/C4H8ClNO.ClH/c1-3(7)4(6)2-5;/h4H,2,6H2,1H3;1H/t4-;/m1./s1. The minimum atomic E-state index is -0.471. The Morgan fingerprint density at radius 2 is 2.25 bits per heavy atom. The molecule has 0 bridgehead atoms. The van der Waals surface area contributed by atoms with Crippen molar-refractivity contribution in [1.82, 2.24) is 0 Å². The fourth-order valence-electron chi connectivity index (χ4n) is 0.109. The average Bonchev–Trinajstić information content (AvgIpc) is 1.65. The van der Waals surface area contributed by atoms with Crippen LogP contribution in [0, 0.1) is 0 Å². The first-order valence-corrected chi connectivity index (χ1v) is 2.54. The van der Waals surface area contributed by atoms with Gasteiger partial charge >= 0.3 is 0 Å². The molecule has 0 radical (unpaired) electrons. The van der Waals surface area contributed by atoms with Crippen LogP contribution < -0.4 is 5.73 Å². The molecule has 2 nitrogen and oxygen atoms in total. The maximum atomic E-state index is 10.2. The van der Waals surface area contributed by atoms with Gasteiger partial charge in [0.1, 0.15) is 5.78 Å². The molecule has 1 atom stereocenters. The van der Waals surface area contributed by atoms with E-state index in [1.165, 1.54) is 6.92 Å². The summed E-state index contributed by atoms with van der Waals surface area (Å²) in [4.78, 5) is 10.2. The van der Waals surface area contributed by atoms with Crippen molar-refractivity contribution in [3.8, 4) is 0 Å². The number of hydrogen-bond donors (Lipinski definition) is 1. The molecule has 0 aromatic carbocycles. The van der Waals surface area contributed by atoms with Crippen LogP contribution in [0.1, 0.15) is 6.92 Å². The molecule has 0 fully saturated rings. The highest BCUT2D eigenvalue weighted by molar-refractivity contribution is 6.19. The summed E-state index contributed by atoms with van der Waals surface area (Å²) in [5.74, 6) is 0.157. The van der Waals surface area contributed by atoms with Gasteiger partial charge in [-0.25, -0.2) is 0 Å². The Kier molecular flexibility index (Phi) is 7.40. The number of Topliss-reactive ketones (excluding diaryl/α,β-unsaturated/α-hetero) is 1. The predicted octanol–water partition coefficient (Wildman–Crippen LogP) is 0.563. The molecule has 4 heteroatoms. The molecule has 2 N–H and O–H groups in total. The third-order valence-electron chi connectivity index (χ3n) is 0.688. The quantitative estimate of drug-likeness (QED) is 0.596. The molecule has 0 rings (SSSR count). The smallest absolute Gasteiger partial charge is 0.147 e. The zero-order valence-corrected chi connectivity index (χ0v) is 6.13. The second-order valence-electron chi connectivity index (χ2n) is 1.37. The van der Waals surface area contributed by atoms with Crippen molar-refractivity contribution < 1.29 is 4.79 Å². The number of halogens is 2. The van der Waals surface area contributed by atoms with E-state index >= 15 is 0 Å². The lowest BCUT2D eigenvalue weighted by molar-refractivity contribution is -0.117. The number of ketones is 1. The molecule has 0 saturated heterocycles. The first kappa shape index (κ1) is 11.1. The Labute approximate surface area is 59.8 Å². The van der Waals surface area contributed by atoms with Crippen molar-refractivity contribution in [2.24, 2.45) is 5.73 Å². The lowest BCUT2D eigenvalue weighted by atomic mass is 10.3. The zero-order valence-electron chi connectivity index (χ0n) is 4.56. The summed E-state index contributed by atoms with van der Waals surface area (Å²) in [5, 5.41) is 0. The molecular formula is C4H9Cl2NO. The third kappa shape index (κ3) is 4.37. The van der Waals surface area contributed by atoms with E-state index in [1.54, 1.807) is 0 Å². The van der Waals surface area contributed by atoms with Crippen molar-refractivity contribution >= 4 is 29.8 Å². The molecule has 50 valence electrons. The number of hydrogen-bond acceptors (Lipinski definition) is 2. The summed E-state index contributed by atoms with van der Waals surface area (Å²) in [6, 6.07) is -0.471. The summed E-state index contributed by atoms with van der Waals surface area (Å²) in [7, 11) is 0. The van der Waals surface area contributed by atoms with E-state index in [4.69, 9.17) is 17.3 Å². The molecule has 8 heavy (non-hydrogen) atoms. The SMILES string of the molecule is CC(=O)[C@H](N)CCl.Cl. The van der Waals surface area contributed by atoms with Gasteiger partial charge in [-0.1, -0.05) is 0 Å². The van der Waals surface area contributed by atoms with E-state index in [9.17, 15) is 4.79 Å². The van der Waals surface area contributed by atoms with Crippen LogP contribution in [0.3, 0.4) is 0 Å². The van der Waals surface area contributed by atoms with Gasteiger partial charge < -0.3 is 5.73 Å². The first-order valence-electron chi connectivity index (χ1n) is 2.00. The number of carbonyl (C=O) groups excluding carboxylic acids is 1. The number of carbonyl (C=O) groups is 1. The van der Waals surface area contributed by atoms with Crippen LogP contribution in [0.2, 0.25) is 0 Å². The molecule has 0 amide bonds. The number of rotatable bonds is 2. The average molecular weight is 158 g/mol. The van der Waals surface area contributed by atoms with Gasteiger partial charge in [0, 0.05) is 5.88 Å². The molecule has 0 aliphatic rings. The number of alkyl halides is 1. The molecular weight excluding hydrogens is 149 g/mol. The van der Waals surface area contributed by atoms with E-state index in [0.29, 0.717) is 0 Å². The molecule has 0 heterocycles. The van der Waals surface area contributed by atoms with Crippen molar-refractivity contribution in [2.45, 2.75) is 13.0 Å². The van der Waals surface area contributed by atoms with Gasteiger partial charge in [-0.2, -0.15) is 0 Å². The van der Waals surface area contributed by atoms with Crippen LogP contribution >= 0.6 is 24.0 Å². The lowest BCUT2D eigenvalue weighted by Crippen LogP contribution is -2.29. The van der Waals surface area contributed by atoms with Crippen LogP contribution in [0.5, 0.6) is 0 Å². The molecule has 0 aliphatic carbocycles. The monoisotopic (exact) mass is 157 g/mol. The first-order chi connectivity index (χ1) is 3.18. The van der Waals surface area contributed by atoms with Crippen molar-refractivity contribution in [2.75, 3.05) is 5.88 Å². The third-order valence-corrected chi connectivity index (χ3v) is 1.02. The van der Waals surface area contributed by atoms with E-state index in [-0.39, 0.29) is 24.1 Å². The fraction of sp³-hybridized carbons (Fsp3) is 0.750. The summed E-state index contributed by atoms with van der Waals surface area (Å²) in [6.07, 6.45) is 0. The number of nitrogens with two attached hydrogens (primary N) is 1. The molecule has 0 unspecified atom stereocenters. The van der Waals surface area contributed by atoms with Gasteiger partial charge in [0.05, 0.1) is 6.04 Å². The minimum Gasteiger partial charge on any atom is -0.321 e. The largest absolute Gasteiger partial charge is 0.321 e.